The molecule has 2 N–H and O–H groups in total. The number of carbonyl (C=O) groups is 1. The van der Waals surface area contributed by atoms with Crippen molar-refractivity contribution in [1.29, 1.82) is 0 Å². The highest BCUT2D eigenvalue weighted by Gasteiger charge is 2.29. The minimum atomic E-state index is -0.103. The van der Waals surface area contributed by atoms with Crippen LogP contribution in [0.4, 0.5) is 0 Å². The number of hydrogen-bond acceptors (Lipinski definition) is 3. The topological polar surface area (TPSA) is 57.5 Å². The molecule has 0 spiro atoms. The second-order valence-electron chi connectivity index (χ2n) is 2.56. The van der Waals surface area contributed by atoms with Gasteiger partial charge in [0.2, 0.25) is 0 Å². The van der Waals surface area contributed by atoms with Gasteiger partial charge in [-0.05, 0) is 12.1 Å². The zero-order valence-electron chi connectivity index (χ0n) is 5.66. The number of hydrogen-bond donors (Lipinski definition) is 2. The molecular weight excluding hydrogens is 144 g/mol. The second-order valence-corrected chi connectivity index (χ2v) is 2.56. The molecule has 0 radical (unpaired) electrons. The lowest BCUT2D eigenvalue weighted by Gasteiger charge is -2.18. The Kier molecular flexibility index (Phi) is 0.990. The van der Waals surface area contributed by atoms with Crippen LogP contribution in [0.25, 0.3) is 0 Å². The highest BCUT2D eigenvalue weighted by atomic mass is 16.3. The van der Waals surface area contributed by atoms with E-state index in [1.54, 1.807) is 0 Å². The number of fused-ring (bicyclic) bond motifs is 1. The molecule has 0 bridgehead atoms. The largest absolute Gasteiger partial charge is 0.508 e. The van der Waals surface area contributed by atoms with Gasteiger partial charge in [-0.15, -0.1) is 0 Å². The van der Waals surface area contributed by atoms with E-state index in [1.807, 2.05) is 0 Å². The van der Waals surface area contributed by atoms with Gasteiger partial charge in [0.05, 0.1) is 5.56 Å². The third-order valence-corrected chi connectivity index (χ3v) is 1.88. The van der Waals surface area contributed by atoms with Gasteiger partial charge in [-0.25, -0.2) is 0 Å². The average Bonchev–Trinajstić information content (AvgIpc) is 1.93. The fraction of sp³-hybridized carbons (Fsp3) is 0.125. The predicted octanol–water partition coefficient (Wildman–Crippen LogP) is 0.837. The molecule has 1 aromatic carbocycles. The lowest BCUT2D eigenvalue weighted by Crippen LogP contribution is -2.18. The maximum absolute atomic E-state index is 10.8. The predicted molar refractivity (Wildman–Crippen MR) is 37.8 cm³/mol. The molecular formula is C8H6O3. The number of ketones is 1. The van der Waals surface area contributed by atoms with Crippen molar-refractivity contribution >= 4 is 5.78 Å². The van der Waals surface area contributed by atoms with Crippen molar-refractivity contribution in [2.75, 3.05) is 0 Å². The number of carbonyl (C=O) groups excluding carboxylic acids is 1. The molecule has 0 heterocycles. The Morgan fingerprint density at radius 1 is 1.18 bits per heavy atom. The van der Waals surface area contributed by atoms with Gasteiger partial charge >= 0.3 is 0 Å². The molecule has 0 unspecified atom stereocenters. The fourth-order valence-corrected chi connectivity index (χ4v) is 1.26. The molecule has 0 atom stereocenters. The van der Waals surface area contributed by atoms with Gasteiger partial charge in [-0.2, -0.15) is 0 Å². The van der Waals surface area contributed by atoms with Crippen molar-refractivity contribution in [2.45, 2.75) is 6.42 Å². The SMILES string of the molecule is O=C1Cc2c(O)ccc(O)c21. The van der Waals surface area contributed by atoms with E-state index in [-0.39, 0.29) is 29.3 Å². The molecule has 11 heavy (non-hydrogen) atoms. The van der Waals surface area contributed by atoms with Crippen LogP contribution in [-0.4, -0.2) is 16.0 Å². The van der Waals surface area contributed by atoms with E-state index in [0.717, 1.165) is 0 Å². The lowest BCUT2D eigenvalue weighted by molar-refractivity contribution is 0.0962. The van der Waals surface area contributed by atoms with E-state index in [2.05, 4.69) is 0 Å². The van der Waals surface area contributed by atoms with Gasteiger partial charge in [-0.3, -0.25) is 4.79 Å². The summed E-state index contributed by atoms with van der Waals surface area (Å²) in [4.78, 5) is 10.8. The first-order valence-corrected chi connectivity index (χ1v) is 3.27. The molecule has 56 valence electrons. The second kappa shape index (κ2) is 1.75. The van der Waals surface area contributed by atoms with Gasteiger partial charge in [0.25, 0.3) is 0 Å². The normalized spacial score (nSPS) is 14.0. The first-order valence-electron chi connectivity index (χ1n) is 3.27. The van der Waals surface area contributed by atoms with E-state index in [1.165, 1.54) is 12.1 Å². The zero-order valence-corrected chi connectivity index (χ0v) is 5.66. The number of Topliss-reactive ketones (excluding diaryl/α,β-unsaturated/α-hetero) is 1. The van der Waals surface area contributed by atoms with E-state index in [9.17, 15) is 4.79 Å². The molecule has 1 aliphatic carbocycles. The standard InChI is InChI=1S/C8H6O3/c9-5-1-2-6(10)8-4(5)3-7(8)11/h1-2,9-10H,3H2. The Labute approximate surface area is 62.9 Å². The average molecular weight is 150 g/mol. The molecule has 0 saturated heterocycles. The summed E-state index contributed by atoms with van der Waals surface area (Å²) in [5.74, 6) is -0.0418. The van der Waals surface area contributed by atoms with E-state index in [4.69, 9.17) is 10.2 Å². The summed E-state index contributed by atoms with van der Waals surface area (Å²) in [5, 5.41) is 18.2. The number of rotatable bonds is 0. The third-order valence-electron chi connectivity index (χ3n) is 1.88. The Hall–Kier alpha value is -1.51. The minimum absolute atomic E-state index is 0.0333. The van der Waals surface area contributed by atoms with Gasteiger partial charge in [0, 0.05) is 12.0 Å². The van der Waals surface area contributed by atoms with E-state index >= 15 is 0 Å². The van der Waals surface area contributed by atoms with Crippen molar-refractivity contribution in [3.63, 3.8) is 0 Å². The highest BCUT2D eigenvalue weighted by molar-refractivity contribution is 6.09. The molecule has 0 aliphatic heterocycles. The summed E-state index contributed by atoms with van der Waals surface area (Å²) in [5.41, 5.74) is 0.847. The maximum atomic E-state index is 10.8. The van der Waals surface area contributed by atoms with Crippen LogP contribution >= 0.6 is 0 Å². The molecule has 0 saturated carbocycles. The van der Waals surface area contributed by atoms with Crippen molar-refractivity contribution in [2.24, 2.45) is 0 Å². The fourth-order valence-electron chi connectivity index (χ4n) is 1.26. The van der Waals surface area contributed by atoms with Crippen LogP contribution in [0.3, 0.4) is 0 Å². The zero-order chi connectivity index (χ0) is 8.01. The smallest absolute Gasteiger partial charge is 0.171 e. The molecule has 0 fully saturated rings. The van der Waals surface area contributed by atoms with Crippen molar-refractivity contribution in [1.82, 2.24) is 0 Å². The van der Waals surface area contributed by atoms with Crippen LogP contribution in [-0.2, 0) is 6.42 Å². The molecule has 1 aliphatic rings. The van der Waals surface area contributed by atoms with Crippen LogP contribution in [0.5, 0.6) is 11.5 Å². The van der Waals surface area contributed by atoms with E-state index < -0.39 is 0 Å². The Bertz CT molecular complexity index is 341. The van der Waals surface area contributed by atoms with Gasteiger partial charge < -0.3 is 10.2 Å². The monoisotopic (exact) mass is 150 g/mol. The summed E-state index contributed by atoms with van der Waals surface area (Å²) in [6.45, 7) is 0. The summed E-state index contributed by atoms with van der Waals surface area (Å²) in [6, 6.07) is 2.71. The first-order chi connectivity index (χ1) is 5.20. The lowest BCUT2D eigenvalue weighted by atomic mass is 9.85. The van der Waals surface area contributed by atoms with Crippen LogP contribution in [0, 0.1) is 0 Å². The van der Waals surface area contributed by atoms with Gasteiger partial charge in [0.1, 0.15) is 11.5 Å². The van der Waals surface area contributed by atoms with Crippen LogP contribution in [0.15, 0.2) is 12.1 Å². The van der Waals surface area contributed by atoms with Crippen LogP contribution in [0.2, 0.25) is 0 Å². The molecule has 2 rings (SSSR count). The van der Waals surface area contributed by atoms with Gasteiger partial charge in [0.15, 0.2) is 5.78 Å². The molecule has 0 aromatic heterocycles. The Morgan fingerprint density at radius 3 is 2.36 bits per heavy atom. The van der Waals surface area contributed by atoms with Crippen molar-refractivity contribution in [3.05, 3.63) is 23.3 Å². The number of phenols is 2. The van der Waals surface area contributed by atoms with Crippen LogP contribution in [0.1, 0.15) is 15.9 Å². The summed E-state index contributed by atoms with van der Waals surface area (Å²) in [7, 11) is 0. The molecule has 0 amide bonds. The quantitative estimate of drug-likeness (QED) is 0.538. The van der Waals surface area contributed by atoms with Crippen LogP contribution < -0.4 is 0 Å². The van der Waals surface area contributed by atoms with Gasteiger partial charge in [-0.1, -0.05) is 0 Å². The Balaban J connectivity index is 2.71. The number of aromatic hydroxyl groups is 2. The summed E-state index contributed by atoms with van der Waals surface area (Å²) in [6.07, 6.45) is 0.246. The minimum Gasteiger partial charge on any atom is -0.508 e. The van der Waals surface area contributed by atoms with Crippen molar-refractivity contribution < 1.29 is 15.0 Å². The molecule has 3 nitrogen and oxygen atoms in total. The summed E-state index contributed by atoms with van der Waals surface area (Å²) < 4.78 is 0. The Morgan fingerprint density at radius 2 is 1.82 bits per heavy atom. The van der Waals surface area contributed by atoms with E-state index in [0.29, 0.717) is 5.56 Å². The number of benzene rings is 1. The highest BCUT2D eigenvalue weighted by Crippen LogP contribution is 2.36. The maximum Gasteiger partial charge on any atom is 0.171 e. The number of phenolic OH excluding ortho intramolecular Hbond substituents is 2. The molecule has 1 aromatic rings. The van der Waals surface area contributed by atoms with Crippen molar-refractivity contribution in [3.8, 4) is 11.5 Å². The molecule has 3 heteroatoms. The first kappa shape index (κ1) is 6.22. The summed E-state index contributed by atoms with van der Waals surface area (Å²) >= 11 is 0. The third kappa shape index (κ3) is 0.648.